The van der Waals surface area contributed by atoms with E-state index in [2.05, 4.69) is 4.74 Å². The van der Waals surface area contributed by atoms with Gasteiger partial charge in [0.15, 0.2) is 46.5 Å². The first-order valence-electron chi connectivity index (χ1n) is 7.83. The first-order valence-corrected chi connectivity index (χ1v) is 7.83. The van der Waals surface area contributed by atoms with Crippen LogP contribution in [0, 0.1) is 52.4 Å². The summed E-state index contributed by atoms with van der Waals surface area (Å²) in [5.41, 5.74) is -5.55. The molecule has 0 amide bonds. The Morgan fingerprint density at radius 1 is 0.552 bits per heavy atom. The van der Waals surface area contributed by atoms with Crippen LogP contribution in [0.3, 0.4) is 0 Å². The second-order valence-electron chi connectivity index (χ2n) is 5.48. The number of hydrogen-bond acceptors (Lipinski definition) is 3. The van der Waals surface area contributed by atoms with Gasteiger partial charge in [-0.2, -0.15) is 0 Å². The Morgan fingerprint density at radius 2 is 0.966 bits per heavy atom. The third-order valence-corrected chi connectivity index (χ3v) is 3.70. The van der Waals surface area contributed by atoms with Crippen molar-refractivity contribution in [1.82, 2.24) is 0 Å². The molecule has 0 aliphatic rings. The average molecular weight is 433 g/mol. The van der Waals surface area contributed by atoms with Crippen molar-refractivity contribution in [2.24, 2.45) is 0 Å². The number of halogens is 9. The van der Waals surface area contributed by atoms with Crippen molar-refractivity contribution in [2.75, 3.05) is 38.8 Å². The summed E-state index contributed by atoms with van der Waals surface area (Å²) in [6.45, 7) is -0.170. The third-order valence-electron chi connectivity index (χ3n) is 3.70. The summed E-state index contributed by atoms with van der Waals surface area (Å²) in [6, 6.07) is 0. The molecule has 29 heavy (non-hydrogen) atoms. The molecule has 0 spiro atoms. The van der Waals surface area contributed by atoms with Crippen LogP contribution >= 0.6 is 0 Å². The summed E-state index contributed by atoms with van der Waals surface area (Å²) in [5, 5.41) is 1.99. The lowest BCUT2D eigenvalue weighted by atomic mass is 10.0. The van der Waals surface area contributed by atoms with Gasteiger partial charge >= 0.3 is 0 Å². The van der Waals surface area contributed by atoms with E-state index in [0.29, 0.717) is 0 Å². The number of rotatable bonds is 8. The number of methoxy groups -OCH3 is 1. The lowest BCUT2D eigenvalue weighted by Gasteiger charge is -2.15. The van der Waals surface area contributed by atoms with Gasteiger partial charge < -0.3 is 14.8 Å². The monoisotopic (exact) mass is 433 g/mol. The van der Waals surface area contributed by atoms with Gasteiger partial charge in [0.2, 0.25) is 5.82 Å². The van der Waals surface area contributed by atoms with Crippen molar-refractivity contribution in [3.63, 3.8) is 0 Å². The second-order valence-corrected chi connectivity index (χ2v) is 5.48. The largest absolute Gasteiger partial charge is 0.382 e. The molecular weight excluding hydrogens is 421 g/mol. The molecule has 3 nitrogen and oxygen atoms in total. The van der Waals surface area contributed by atoms with Crippen LogP contribution in [-0.2, 0) is 9.47 Å². The van der Waals surface area contributed by atoms with Gasteiger partial charge in [-0.25, -0.2) is 39.5 Å². The van der Waals surface area contributed by atoms with E-state index >= 15 is 0 Å². The van der Waals surface area contributed by atoms with E-state index in [1.807, 2.05) is 5.32 Å². The smallest absolute Gasteiger partial charge is 0.200 e. The van der Waals surface area contributed by atoms with E-state index in [9.17, 15) is 39.5 Å². The van der Waals surface area contributed by atoms with E-state index in [0.717, 1.165) is 0 Å². The Balaban J connectivity index is 2.48. The molecule has 160 valence electrons. The SMILES string of the molecule is COCCOCCNc1c(F)c(F)c(-c2c(F)c(F)c(F)c(F)c2F)c(F)c1F. The number of nitrogens with one attached hydrogen (secondary N) is 1. The molecule has 0 saturated carbocycles. The van der Waals surface area contributed by atoms with Crippen LogP contribution in [0.15, 0.2) is 0 Å². The van der Waals surface area contributed by atoms with Crippen LogP contribution < -0.4 is 5.32 Å². The fourth-order valence-corrected chi connectivity index (χ4v) is 2.32. The lowest BCUT2D eigenvalue weighted by Crippen LogP contribution is -2.16. The van der Waals surface area contributed by atoms with Crippen molar-refractivity contribution in [3.05, 3.63) is 52.4 Å². The van der Waals surface area contributed by atoms with Crippen LogP contribution in [0.5, 0.6) is 0 Å². The van der Waals surface area contributed by atoms with Crippen LogP contribution in [0.1, 0.15) is 0 Å². The highest BCUT2D eigenvalue weighted by Gasteiger charge is 2.34. The molecule has 0 saturated heterocycles. The Bertz CT molecular complexity index is 863. The molecule has 0 heterocycles. The minimum absolute atomic E-state index is 0.116. The standard InChI is InChI=1S/C17H12F9NO2/c1-28-4-5-29-3-2-27-17-15(25)10(20)7(11(21)16(17)26)6-8(18)12(22)14(24)13(23)9(6)19/h27H,2-5H2,1H3. The predicted octanol–water partition coefficient (Wildman–Crippen LogP) is 4.68. The maximum Gasteiger partial charge on any atom is 0.200 e. The lowest BCUT2D eigenvalue weighted by molar-refractivity contribution is 0.0759. The zero-order valence-corrected chi connectivity index (χ0v) is 14.5. The molecule has 12 heteroatoms. The summed E-state index contributed by atoms with van der Waals surface area (Å²) >= 11 is 0. The maximum absolute atomic E-state index is 14.2. The molecule has 2 rings (SSSR count). The average Bonchev–Trinajstić information content (AvgIpc) is 2.70. The Kier molecular flexibility index (Phi) is 7.36. The van der Waals surface area contributed by atoms with Crippen LogP contribution in [0.25, 0.3) is 11.1 Å². The molecule has 0 radical (unpaired) electrons. The molecule has 0 aromatic heterocycles. The molecular formula is C17H12F9NO2. The van der Waals surface area contributed by atoms with E-state index in [1.165, 1.54) is 7.11 Å². The minimum atomic E-state index is -2.62. The van der Waals surface area contributed by atoms with Gasteiger partial charge in [0.25, 0.3) is 0 Å². The van der Waals surface area contributed by atoms with Crippen LogP contribution in [0.4, 0.5) is 45.2 Å². The summed E-state index contributed by atoms with van der Waals surface area (Å²) in [6.07, 6.45) is 0. The molecule has 0 bridgehead atoms. The van der Waals surface area contributed by atoms with Gasteiger partial charge in [0.1, 0.15) is 5.69 Å². The summed E-state index contributed by atoms with van der Waals surface area (Å²) in [4.78, 5) is 0. The van der Waals surface area contributed by atoms with E-state index in [1.54, 1.807) is 0 Å². The van der Waals surface area contributed by atoms with Crippen molar-refractivity contribution < 1.29 is 49.0 Å². The maximum atomic E-state index is 14.2. The fraction of sp³-hybridized carbons (Fsp3) is 0.294. The van der Waals surface area contributed by atoms with Crippen LogP contribution in [0.2, 0.25) is 0 Å². The quantitative estimate of drug-likeness (QED) is 0.284. The number of hydrogen-bond donors (Lipinski definition) is 1. The molecule has 1 N–H and O–H groups in total. The normalized spacial score (nSPS) is 11.2. The number of anilines is 1. The fourth-order valence-electron chi connectivity index (χ4n) is 2.32. The number of ether oxygens (including phenoxy) is 2. The Morgan fingerprint density at radius 3 is 1.41 bits per heavy atom. The highest BCUT2D eigenvalue weighted by atomic mass is 19.2. The summed E-state index contributed by atoms with van der Waals surface area (Å²) in [5.74, 6) is -21.9. The van der Waals surface area contributed by atoms with Crippen molar-refractivity contribution in [1.29, 1.82) is 0 Å². The molecule has 0 unspecified atom stereocenters. The summed E-state index contributed by atoms with van der Waals surface area (Å²) in [7, 11) is 1.39. The van der Waals surface area contributed by atoms with E-state index in [4.69, 9.17) is 4.74 Å². The Labute approximate surface area is 158 Å². The second kappa shape index (κ2) is 9.35. The van der Waals surface area contributed by atoms with Crippen molar-refractivity contribution in [3.8, 4) is 11.1 Å². The zero-order valence-electron chi connectivity index (χ0n) is 14.5. The number of benzene rings is 2. The molecule has 2 aromatic carbocycles. The first-order chi connectivity index (χ1) is 13.6. The highest BCUT2D eigenvalue weighted by Crippen LogP contribution is 2.39. The molecule has 0 fully saturated rings. The summed E-state index contributed by atoms with van der Waals surface area (Å²) < 4.78 is 134. The highest BCUT2D eigenvalue weighted by molar-refractivity contribution is 5.70. The predicted molar refractivity (Wildman–Crippen MR) is 82.7 cm³/mol. The van der Waals surface area contributed by atoms with Gasteiger partial charge in [0, 0.05) is 13.7 Å². The molecule has 2 aromatic rings. The van der Waals surface area contributed by atoms with Crippen molar-refractivity contribution >= 4 is 5.69 Å². The molecule has 0 atom stereocenters. The first kappa shape index (κ1) is 22.8. The minimum Gasteiger partial charge on any atom is -0.382 e. The third kappa shape index (κ3) is 4.27. The Hall–Kier alpha value is -2.47. The van der Waals surface area contributed by atoms with Crippen molar-refractivity contribution in [2.45, 2.75) is 0 Å². The zero-order chi connectivity index (χ0) is 21.9. The van der Waals surface area contributed by atoms with Gasteiger partial charge in [-0.05, 0) is 0 Å². The topological polar surface area (TPSA) is 30.5 Å². The van der Waals surface area contributed by atoms with Gasteiger partial charge in [0.05, 0.1) is 30.9 Å². The van der Waals surface area contributed by atoms with Crippen LogP contribution in [-0.4, -0.2) is 33.5 Å². The van der Waals surface area contributed by atoms with E-state index in [-0.39, 0.29) is 26.4 Å². The molecule has 0 aliphatic carbocycles. The van der Waals surface area contributed by atoms with Gasteiger partial charge in [-0.15, -0.1) is 0 Å². The van der Waals surface area contributed by atoms with E-state index < -0.39 is 69.2 Å². The van der Waals surface area contributed by atoms with Gasteiger partial charge in [-0.3, -0.25) is 0 Å². The molecule has 0 aliphatic heterocycles. The van der Waals surface area contributed by atoms with Gasteiger partial charge in [-0.1, -0.05) is 0 Å².